The van der Waals surface area contributed by atoms with Gasteiger partial charge in [-0.1, -0.05) is 19.9 Å². The van der Waals surface area contributed by atoms with Crippen LogP contribution < -0.4 is 0 Å². The second-order valence-electron chi connectivity index (χ2n) is 3.35. The first-order valence-corrected chi connectivity index (χ1v) is 4.60. The Morgan fingerprint density at radius 2 is 2.15 bits per heavy atom. The average molecular weight is 196 g/mol. The molecule has 0 N–H and O–H groups in total. The smallest absolute Gasteiger partial charge is 0.293 e. The van der Waals surface area contributed by atoms with E-state index >= 15 is 0 Å². The highest BCUT2D eigenvalue weighted by Crippen LogP contribution is 2.23. The Hall–Kier alpha value is -1.02. The van der Waals surface area contributed by atoms with Gasteiger partial charge in [0.2, 0.25) is 0 Å². The number of hydrogen-bond donors (Lipinski definition) is 0. The summed E-state index contributed by atoms with van der Waals surface area (Å²) in [5.74, 6) is 0.500. The van der Waals surface area contributed by atoms with Gasteiger partial charge in [-0.2, -0.15) is 4.98 Å². The van der Waals surface area contributed by atoms with Crippen molar-refractivity contribution in [3.05, 3.63) is 29.1 Å². The van der Waals surface area contributed by atoms with Crippen molar-refractivity contribution in [3.8, 4) is 0 Å². The van der Waals surface area contributed by atoms with E-state index in [1.54, 1.807) is 0 Å². The van der Waals surface area contributed by atoms with Gasteiger partial charge >= 0.3 is 0 Å². The molecule has 0 saturated carbocycles. The van der Waals surface area contributed by atoms with Crippen LogP contribution in [0.3, 0.4) is 0 Å². The summed E-state index contributed by atoms with van der Waals surface area (Å²) in [6, 6.07) is 5.95. The Bertz CT molecular complexity index is 433. The molecule has 1 aromatic heterocycles. The van der Waals surface area contributed by atoms with Crippen LogP contribution in [0.15, 0.2) is 22.6 Å². The molecule has 0 saturated heterocycles. The second-order valence-corrected chi connectivity index (χ2v) is 3.67. The third-order valence-electron chi connectivity index (χ3n) is 2.05. The summed E-state index contributed by atoms with van der Waals surface area (Å²) in [5.41, 5.74) is 2.82. The zero-order valence-corrected chi connectivity index (χ0v) is 8.30. The molecule has 1 heterocycles. The maximum absolute atomic E-state index is 5.64. The van der Waals surface area contributed by atoms with Gasteiger partial charge in [0.15, 0.2) is 5.58 Å². The summed E-state index contributed by atoms with van der Waals surface area (Å²) in [5, 5.41) is 0.205. The first-order chi connectivity index (χ1) is 6.16. The molecule has 2 nitrogen and oxygen atoms in total. The minimum Gasteiger partial charge on any atom is -0.428 e. The molecule has 0 unspecified atom stereocenters. The van der Waals surface area contributed by atoms with E-state index in [4.69, 9.17) is 16.0 Å². The minimum atomic E-state index is 0.205. The van der Waals surface area contributed by atoms with E-state index in [1.807, 2.05) is 18.2 Å². The van der Waals surface area contributed by atoms with Crippen molar-refractivity contribution in [2.24, 2.45) is 0 Å². The molecule has 0 fully saturated rings. The van der Waals surface area contributed by atoms with Crippen LogP contribution in [0.1, 0.15) is 25.3 Å². The van der Waals surface area contributed by atoms with Gasteiger partial charge in [-0.3, -0.25) is 0 Å². The molecule has 2 aromatic rings. The van der Waals surface area contributed by atoms with E-state index in [9.17, 15) is 0 Å². The number of oxazole rings is 1. The zero-order chi connectivity index (χ0) is 9.42. The molecule has 0 radical (unpaired) electrons. The molecule has 0 atom stereocenters. The van der Waals surface area contributed by atoms with Gasteiger partial charge in [0.25, 0.3) is 5.35 Å². The largest absolute Gasteiger partial charge is 0.428 e. The fraction of sp³-hybridized carbons (Fsp3) is 0.300. The maximum Gasteiger partial charge on any atom is 0.293 e. The van der Waals surface area contributed by atoms with Gasteiger partial charge in [0, 0.05) is 0 Å². The lowest BCUT2D eigenvalue weighted by atomic mass is 10.0. The van der Waals surface area contributed by atoms with Gasteiger partial charge in [-0.05, 0) is 35.2 Å². The molecule has 68 valence electrons. The van der Waals surface area contributed by atoms with Crippen LogP contribution in [0.5, 0.6) is 0 Å². The van der Waals surface area contributed by atoms with Gasteiger partial charge in [-0.25, -0.2) is 0 Å². The van der Waals surface area contributed by atoms with Crippen molar-refractivity contribution in [2.45, 2.75) is 19.8 Å². The van der Waals surface area contributed by atoms with E-state index in [1.165, 1.54) is 5.56 Å². The highest BCUT2D eigenvalue weighted by molar-refractivity contribution is 6.28. The third kappa shape index (κ3) is 1.54. The van der Waals surface area contributed by atoms with E-state index in [0.717, 1.165) is 11.1 Å². The number of nitrogens with zero attached hydrogens (tertiary/aromatic N) is 1. The van der Waals surface area contributed by atoms with Crippen molar-refractivity contribution in [2.75, 3.05) is 0 Å². The molecule has 13 heavy (non-hydrogen) atoms. The molecule has 0 aliphatic rings. The normalized spacial score (nSPS) is 11.4. The van der Waals surface area contributed by atoms with Crippen LogP contribution in [-0.4, -0.2) is 4.98 Å². The quantitative estimate of drug-likeness (QED) is 0.695. The van der Waals surface area contributed by atoms with E-state index in [2.05, 4.69) is 18.8 Å². The van der Waals surface area contributed by atoms with E-state index < -0.39 is 0 Å². The second kappa shape index (κ2) is 3.04. The molecule has 0 aliphatic carbocycles. The SMILES string of the molecule is CC(C)c1ccc2oc(Cl)nc2c1. The topological polar surface area (TPSA) is 26.0 Å². The fourth-order valence-corrected chi connectivity index (χ4v) is 1.45. The lowest BCUT2D eigenvalue weighted by molar-refractivity contribution is 0.604. The summed E-state index contributed by atoms with van der Waals surface area (Å²) in [4.78, 5) is 4.05. The van der Waals surface area contributed by atoms with Crippen LogP contribution in [0.4, 0.5) is 0 Å². The Kier molecular flexibility index (Phi) is 2.00. The standard InChI is InChI=1S/C10H10ClNO/c1-6(2)7-3-4-9-8(5-7)12-10(11)13-9/h3-6H,1-2H3. The fourth-order valence-electron chi connectivity index (χ4n) is 1.28. The van der Waals surface area contributed by atoms with Crippen LogP contribution in [-0.2, 0) is 0 Å². The minimum absolute atomic E-state index is 0.205. The number of fused-ring (bicyclic) bond motifs is 1. The molecule has 1 aromatic carbocycles. The first kappa shape index (κ1) is 8.57. The van der Waals surface area contributed by atoms with E-state index in [0.29, 0.717) is 5.92 Å². The molecule has 0 spiro atoms. The molecular weight excluding hydrogens is 186 g/mol. The summed E-state index contributed by atoms with van der Waals surface area (Å²) >= 11 is 5.64. The van der Waals surface area contributed by atoms with Crippen molar-refractivity contribution in [1.29, 1.82) is 0 Å². The lowest BCUT2D eigenvalue weighted by Gasteiger charge is -2.02. The Labute approximate surface area is 81.5 Å². The average Bonchev–Trinajstić information content (AvgIpc) is 2.42. The summed E-state index contributed by atoms with van der Waals surface area (Å²) in [6.07, 6.45) is 0. The number of rotatable bonds is 1. The number of benzene rings is 1. The highest BCUT2D eigenvalue weighted by atomic mass is 35.5. The zero-order valence-electron chi connectivity index (χ0n) is 7.54. The molecule has 0 bridgehead atoms. The molecule has 0 aliphatic heterocycles. The van der Waals surface area contributed by atoms with E-state index in [-0.39, 0.29) is 5.35 Å². The monoisotopic (exact) mass is 195 g/mol. The number of hydrogen-bond acceptors (Lipinski definition) is 2. The van der Waals surface area contributed by atoms with Gasteiger partial charge in [0.1, 0.15) is 5.52 Å². The predicted molar refractivity (Wildman–Crippen MR) is 53.1 cm³/mol. The summed E-state index contributed by atoms with van der Waals surface area (Å²) < 4.78 is 5.16. The third-order valence-corrected chi connectivity index (χ3v) is 2.21. The Balaban J connectivity index is 2.61. The number of aromatic nitrogens is 1. The van der Waals surface area contributed by atoms with Gasteiger partial charge in [-0.15, -0.1) is 0 Å². The van der Waals surface area contributed by atoms with Crippen molar-refractivity contribution in [3.63, 3.8) is 0 Å². The van der Waals surface area contributed by atoms with Gasteiger partial charge in [0.05, 0.1) is 0 Å². The van der Waals surface area contributed by atoms with Crippen LogP contribution >= 0.6 is 11.6 Å². The van der Waals surface area contributed by atoms with Crippen molar-refractivity contribution < 1.29 is 4.42 Å². The molecular formula is C10H10ClNO. The van der Waals surface area contributed by atoms with Crippen molar-refractivity contribution in [1.82, 2.24) is 4.98 Å². The molecule has 0 amide bonds. The predicted octanol–water partition coefficient (Wildman–Crippen LogP) is 3.60. The number of halogens is 1. The Morgan fingerprint density at radius 1 is 1.38 bits per heavy atom. The Morgan fingerprint density at radius 3 is 2.85 bits per heavy atom. The summed E-state index contributed by atoms with van der Waals surface area (Å²) in [6.45, 7) is 4.28. The molecule has 2 rings (SSSR count). The maximum atomic E-state index is 5.64. The van der Waals surface area contributed by atoms with Gasteiger partial charge < -0.3 is 4.42 Å². The lowest BCUT2D eigenvalue weighted by Crippen LogP contribution is -1.85. The highest BCUT2D eigenvalue weighted by Gasteiger charge is 2.05. The first-order valence-electron chi connectivity index (χ1n) is 4.23. The van der Waals surface area contributed by atoms with Crippen molar-refractivity contribution >= 4 is 22.7 Å². The van der Waals surface area contributed by atoms with Crippen LogP contribution in [0.25, 0.3) is 11.1 Å². The van der Waals surface area contributed by atoms with Crippen LogP contribution in [0, 0.1) is 0 Å². The summed E-state index contributed by atoms with van der Waals surface area (Å²) in [7, 11) is 0. The van der Waals surface area contributed by atoms with Crippen LogP contribution in [0.2, 0.25) is 5.35 Å². The molecule has 3 heteroatoms.